The maximum atomic E-state index is 5.46. The van der Waals surface area contributed by atoms with Crippen LogP contribution in [0.5, 0.6) is 0 Å². The van der Waals surface area contributed by atoms with E-state index < -0.39 is 0 Å². The van der Waals surface area contributed by atoms with Crippen molar-refractivity contribution in [1.29, 1.82) is 0 Å². The van der Waals surface area contributed by atoms with Gasteiger partial charge in [0.25, 0.3) is 0 Å². The van der Waals surface area contributed by atoms with Gasteiger partial charge < -0.3 is 15.4 Å². The number of nitrogens with one attached hydrogen (secondary N) is 2. The van der Waals surface area contributed by atoms with E-state index in [0.717, 1.165) is 26.2 Å². The minimum absolute atomic E-state index is 0.227. The zero-order valence-corrected chi connectivity index (χ0v) is 10.1. The smallest absolute Gasteiger partial charge is 0.0646 e. The van der Waals surface area contributed by atoms with Crippen molar-refractivity contribution in [2.75, 3.05) is 32.8 Å². The van der Waals surface area contributed by atoms with Crippen molar-refractivity contribution in [1.82, 2.24) is 10.6 Å². The second kappa shape index (κ2) is 4.40. The van der Waals surface area contributed by atoms with Crippen molar-refractivity contribution in [3.8, 4) is 0 Å². The van der Waals surface area contributed by atoms with Gasteiger partial charge in [-0.25, -0.2) is 0 Å². The van der Waals surface area contributed by atoms with Gasteiger partial charge >= 0.3 is 0 Å². The van der Waals surface area contributed by atoms with Gasteiger partial charge in [0.15, 0.2) is 0 Å². The summed E-state index contributed by atoms with van der Waals surface area (Å²) in [5, 5.41) is 7.21. The highest BCUT2D eigenvalue weighted by Crippen LogP contribution is 2.30. The molecule has 0 aliphatic carbocycles. The molecule has 2 aliphatic heterocycles. The minimum Gasteiger partial charge on any atom is -0.379 e. The van der Waals surface area contributed by atoms with Crippen LogP contribution in [0.4, 0.5) is 0 Å². The van der Waals surface area contributed by atoms with Crippen LogP contribution in [0.15, 0.2) is 0 Å². The molecule has 0 radical (unpaired) electrons. The van der Waals surface area contributed by atoms with E-state index >= 15 is 0 Å². The van der Waals surface area contributed by atoms with Crippen LogP contribution in [0.25, 0.3) is 0 Å². The summed E-state index contributed by atoms with van der Waals surface area (Å²) < 4.78 is 5.46. The first kappa shape index (κ1) is 11.4. The van der Waals surface area contributed by atoms with Crippen molar-refractivity contribution >= 4 is 0 Å². The largest absolute Gasteiger partial charge is 0.379 e. The number of rotatable bonds is 4. The highest BCUT2D eigenvalue weighted by atomic mass is 16.5. The number of hydrogen-bond donors (Lipinski definition) is 2. The molecular weight excluding hydrogens is 188 g/mol. The van der Waals surface area contributed by atoms with E-state index in [2.05, 4.69) is 24.5 Å². The highest BCUT2D eigenvalue weighted by molar-refractivity contribution is 4.94. The van der Waals surface area contributed by atoms with Gasteiger partial charge in [0.1, 0.15) is 0 Å². The summed E-state index contributed by atoms with van der Waals surface area (Å²) in [6, 6.07) is 0. The van der Waals surface area contributed by atoms with Crippen molar-refractivity contribution in [3.05, 3.63) is 0 Å². The summed E-state index contributed by atoms with van der Waals surface area (Å²) in [5.41, 5.74) is 0.719. The molecule has 0 aromatic carbocycles. The molecule has 2 saturated heterocycles. The second-order valence-corrected chi connectivity index (χ2v) is 5.50. The molecule has 2 aliphatic rings. The van der Waals surface area contributed by atoms with Crippen LogP contribution in [-0.2, 0) is 4.74 Å². The number of hydrogen-bond acceptors (Lipinski definition) is 3. The van der Waals surface area contributed by atoms with Crippen molar-refractivity contribution in [3.63, 3.8) is 0 Å². The van der Waals surface area contributed by atoms with Crippen molar-refractivity contribution < 1.29 is 4.74 Å². The molecule has 3 nitrogen and oxygen atoms in total. The molecular formula is C12H24N2O. The predicted octanol–water partition coefficient (Wildman–Crippen LogP) is 1.14. The van der Waals surface area contributed by atoms with E-state index in [4.69, 9.17) is 4.74 Å². The standard InChI is InChI=1S/C12H24N2O/c1-3-12(4-6-13-8-12)9-14-11(2)5-7-15-10-11/h13-14H,3-10H2,1-2H3. The Labute approximate surface area is 93.0 Å². The number of ether oxygens (including phenoxy) is 1. The third-order valence-electron chi connectivity index (χ3n) is 4.19. The van der Waals surface area contributed by atoms with Crippen LogP contribution in [0, 0.1) is 5.41 Å². The predicted molar refractivity (Wildman–Crippen MR) is 62.1 cm³/mol. The normalized spacial score (nSPS) is 41.2. The Bertz CT molecular complexity index is 206. The second-order valence-electron chi connectivity index (χ2n) is 5.50. The van der Waals surface area contributed by atoms with Crippen LogP contribution in [0.1, 0.15) is 33.1 Å². The molecule has 2 heterocycles. The van der Waals surface area contributed by atoms with Gasteiger partial charge in [-0.3, -0.25) is 0 Å². The van der Waals surface area contributed by atoms with E-state index in [9.17, 15) is 0 Å². The Kier molecular flexibility index (Phi) is 3.33. The quantitative estimate of drug-likeness (QED) is 0.733. The maximum absolute atomic E-state index is 5.46. The average Bonchev–Trinajstić information content (AvgIpc) is 2.86. The lowest BCUT2D eigenvalue weighted by molar-refractivity contribution is 0.162. The molecule has 0 bridgehead atoms. The molecule has 2 unspecified atom stereocenters. The lowest BCUT2D eigenvalue weighted by Crippen LogP contribution is -2.48. The lowest BCUT2D eigenvalue weighted by Gasteiger charge is -2.33. The molecule has 2 rings (SSSR count). The Hall–Kier alpha value is -0.120. The molecule has 0 aromatic rings. The van der Waals surface area contributed by atoms with Gasteiger partial charge in [0, 0.05) is 25.2 Å². The van der Waals surface area contributed by atoms with Gasteiger partial charge in [0.05, 0.1) is 6.61 Å². The van der Waals surface area contributed by atoms with E-state index in [0.29, 0.717) is 5.41 Å². The molecule has 2 atom stereocenters. The molecule has 15 heavy (non-hydrogen) atoms. The third-order valence-corrected chi connectivity index (χ3v) is 4.19. The minimum atomic E-state index is 0.227. The van der Waals surface area contributed by atoms with Crippen molar-refractivity contribution in [2.24, 2.45) is 5.41 Å². The zero-order chi connectivity index (χ0) is 10.8. The van der Waals surface area contributed by atoms with Gasteiger partial charge in [-0.2, -0.15) is 0 Å². The van der Waals surface area contributed by atoms with Crippen LogP contribution in [-0.4, -0.2) is 38.4 Å². The lowest BCUT2D eigenvalue weighted by atomic mass is 9.83. The molecule has 2 N–H and O–H groups in total. The summed E-state index contributed by atoms with van der Waals surface area (Å²) in [6.07, 6.45) is 3.73. The average molecular weight is 212 g/mol. The topological polar surface area (TPSA) is 33.3 Å². The Morgan fingerprint density at radius 1 is 1.40 bits per heavy atom. The molecule has 88 valence electrons. The van der Waals surface area contributed by atoms with E-state index in [1.54, 1.807) is 0 Å². The van der Waals surface area contributed by atoms with Gasteiger partial charge in [-0.05, 0) is 38.1 Å². The Balaban J connectivity index is 1.85. The molecule has 0 spiro atoms. The summed E-state index contributed by atoms with van der Waals surface area (Å²) in [6.45, 7) is 9.88. The summed E-state index contributed by atoms with van der Waals surface area (Å²) in [5.74, 6) is 0. The Morgan fingerprint density at radius 3 is 2.80 bits per heavy atom. The van der Waals surface area contributed by atoms with Gasteiger partial charge in [-0.15, -0.1) is 0 Å². The van der Waals surface area contributed by atoms with Gasteiger partial charge in [-0.1, -0.05) is 6.92 Å². The molecule has 3 heteroatoms. The summed E-state index contributed by atoms with van der Waals surface area (Å²) in [7, 11) is 0. The summed E-state index contributed by atoms with van der Waals surface area (Å²) >= 11 is 0. The SMILES string of the molecule is CCC1(CNC2(C)CCOC2)CCNC1. The molecule has 0 amide bonds. The fourth-order valence-electron chi connectivity index (χ4n) is 2.58. The van der Waals surface area contributed by atoms with E-state index in [1.807, 2.05) is 0 Å². The van der Waals surface area contributed by atoms with Crippen molar-refractivity contribution in [2.45, 2.75) is 38.6 Å². The van der Waals surface area contributed by atoms with Crippen LogP contribution in [0.2, 0.25) is 0 Å². The van der Waals surface area contributed by atoms with E-state index in [1.165, 1.54) is 25.9 Å². The first-order valence-electron chi connectivity index (χ1n) is 6.22. The van der Waals surface area contributed by atoms with Crippen LogP contribution < -0.4 is 10.6 Å². The summed E-state index contributed by atoms with van der Waals surface area (Å²) in [4.78, 5) is 0. The first-order chi connectivity index (χ1) is 7.18. The Morgan fingerprint density at radius 2 is 2.27 bits per heavy atom. The highest BCUT2D eigenvalue weighted by Gasteiger charge is 2.36. The van der Waals surface area contributed by atoms with E-state index in [-0.39, 0.29) is 5.54 Å². The fraction of sp³-hybridized carbons (Fsp3) is 1.00. The molecule has 0 saturated carbocycles. The van der Waals surface area contributed by atoms with Crippen LogP contribution in [0.3, 0.4) is 0 Å². The zero-order valence-electron chi connectivity index (χ0n) is 10.1. The van der Waals surface area contributed by atoms with Crippen LogP contribution >= 0.6 is 0 Å². The third kappa shape index (κ3) is 2.52. The fourth-order valence-corrected chi connectivity index (χ4v) is 2.58. The first-order valence-corrected chi connectivity index (χ1v) is 6.22. The maximum Gasteiger partial charge on any atom is 0.0646 e. The monoisotopic (exact) mass is 212 g/mol. The van der Waals surface area contributed by atoms with Gasteiger partial charge in [0.2, 0.25) is 0 Å². The molecule has 2 fully saturated rings. The molecule has 0 aromatic heterocycles.